The van der Waals surface area contributed by atoms with Gasteiger partial charge in [-0.3, -0.25) is 0 Å². The summed E-state index contributed by atoms with van der Waals surface area (Å²) in [6.07, 6.45) is 1.81. The van der Waals surface area contributed by atoms with Gasteiger partial charge in [-0.25, -0.2) is 4.79 Å². The van der Waals surface area contributed by atoms with Gasteiger partial charge in [0.2, 0.25) is 0 Å². The minimum absolute atomic E-state index is 0.161. The van der Waals surface area contributed by atoms with Crippen molar-refractivity contribution < 1.29 is 19.4 Å². The molecule has 0 unspecified atom stereocenters. The Bertz CT molecular complexity index is 373. The Kier molecular flexibility index (Phi) is 2.76. The highest BCUT2D eigenvalue weighted by Gasteiger charge is 2.17. The highest BCUT2D eigenvalue weighted by atomic mass is 16.5. The van der Waals surface area contributed by atoms with E-state index in [-0.39, 0.29) is 5.56 Å². The molecule has 0 spiro atoms. The van der Waals surface area contributed by atoms with Gasteiger partial charge < -0.3 is 14.6 Å². The molecule has 2 rings (SSSR count). The Morgan fingerprint density at radius 3 is 2.67 bits per heavy atom. The van der Waals surface area contributed by atoms with E-state index in [9.17, 15) is 4.79 Å². The molecule has 1 aliphatic heterocycles. The summed E-state index contributed by atoms with van der Waals surface area (Å²) < 4.78 is 10.8. The number of hydrogen-bond acceptors (Lipinski definition) is 3. The van der Waals surface area contributed by atoms with Crippen LogP contribution in [0, 0.1) is 0 Å². The molecular weight excluding hydrogens is 196 g/mol. The van der Waals surface area contributed by atoms with Crippen LogP contribution < -0.4 is 9.47 Å². The van der Waals surface area contributed by atoms with E-state index in [4.69, 9.17) is 14.6 Å². The zero-order chi connectivity index (χ0) is 10.7. The van der Waals surface area contributed by atoms with Crippen molar-refractivity contribution in [3.63, 3.8) is 0 Å². The maximum atomic E-state index is 10.9. The Hall–Kier alpha value is -1.71. The average molecular weight is 208 g/mol. The quantitative estimate of drug-likeness (QED) is 0.766. The number of para-hydroxylation sites is 1. The van der Waals surface area contributed by atoms with Crippen molar-refractivity contribution in [3.05, 3.63) is 23.8 Å². The van der Waals surface area contributed by atoms with Crippen LogP contribution in [0.15, 0.2) is 18.2 Å². The molecule has 1 N–H and O–H groups in total. The van der Waals surface area contributed by atoms with E-state index in [1.165, 1.54) is 6.07 Å². The van der Waals surface area contributed by atoms with Crippen molar-refractivity contribution in [2.45, 2.75) is 12.8 Å². The van der Waals surface area contributed by atoms with Gasteiger partial charge in [0.15, 0.2) is 11.5 Å². The summed E-state index contributed by atoms with van der Waals surface area (Å²) in [6.45, 7) is 1.15. The molecule has 0 aromatic heterocycles. The second-order valence-electron chi connectivity index (χ2n) is 3.34. The summed E-state index contributed by atoms with van der Waals surface area (Å²) >= 11 is 0. The molecule has 0 amide bonds. The fourth-order valence-corrected chi connectivity index (χ4v) is 1.51. The molecule has 4 nitrogen and oxygen atoms in total. The molecule has 0 saturated heterocycles. The number of fused-ring (bicyclic) bond motifs is 1. The van der Waals surface area contributed by atoms with Crippen LogP contribution in [-0.4, -0.2) is 24.3 Å². The molecule has 0 bridgehead atoms. The van der Waals surface area contributed by atoms with E-state index in [0.717, 1.165) is 12.8 Å². The topological polar surface area (TPSA) is 55.8 Å². The van der Waals surface area contributed by atoms with Gasteiger partial charge in [0.1, 0.15) is 5.56 Å². The summed E-state index contributed by atoms with van der Waals surface area (Å²) in [5.74, 6) is -0.115. The summed E-state index contributed by atoms with van der Waals surface area (Å²) in [7, 11) is 0. The van der Waals surface area contributed by atoms with Crippen LogP contribution in [0.3, 0.4) is 0 Å². The molecule has 0 radical (unpaired) electrons. The summed E-state index contributed by atoms with van der Waals surface area (Å²) in [6, 6.07) is 4.91. The summed E-state index contributed by atoms with van der Waals surface area (Å²) in [4.78, 5) is 10.9. The lowest BCUT2D eigenvalue weighted by Crippen LogP contribution is -2.11. The van der Waals surface area contributed by atoms with Crippen molar-refractivity contribution in [2.75, 3.05) is 13.2 Å². The maximum Gasteiger partial charge on any atom is 0.339 e. The second-order valence-corrected chi connectivity index (χ2v) is 3.34. The van der Waals surface area contributed by atoms with Crippen LogP contribution in [0.5, 0.6) is 11.5 Å². The largest absolute Gasteiger partial charge is 0.490 e. The first kappa shape index (κ1) is 9.83. The fraction of sp³-hybridized carbons (Fsp3) is 0.364. The van der Waals surface area contributed by atoms with Gasteiger partial charge in [-0.2, -0.15) is 0 Å². The van der Waals surface area contributed by atoms with E-state index in [1.54, 1.807) is 12.1 Å². The van der Waals surface area contributed by atoms with Crippen LogP contribution in [0.1, 0.15) is 23.2 Å². The number of aromatic carboxylic acids is 1. The van der Waals surface area contributed by atoms with E-state index in [1.807, 2.05) is 0 Å². The van der Waals surface area contributed by atoms with Crippen molar-refractivity contribution in [2.24, 2.45) is 0 Å². The highest BCUT2D eigenvalue weighted by molar-refractivity contribution is 5.92. The van der Waals surface area contributed by atoms with Gasteiger partial charge in [0.05, 0.1) is 13.2 Å². The van der Waals surface area contributed by atoms with Gasteiger partial charge in [-0.05, 0) is 25.0 Å². The summed E-state index contributed by atoms with van der Waals surface area (Å²) in [5, 5.41) is 8.97. The fourth-order valence-electron chi connectivity index (χ4n) is 1.51. The van der Waals surface area contributed by atoms with Crippen molar-refractivity contribution >= 4 is 5.97 Å². The number of carboxylic acid groups (broad SMARTS) is 1. The standard InChI is InChI=1S/C11H12O4/c12-11(13)8-4-3-5-9-10(8)15-7-2-1-6-14-9/h3-5H,1-2,6-7H2,(H,12,13). The molecule has 1 heterocycles. The molecular formula is C11H12O4. The monoisotopic (exact) mass is 208 g/mol. The first-order chi connectivity index (χ1) is 7.29. The number of rotatable bonds is 1. The zero-order valence-electron chi connectivity index (χ0n) is 8.23. The van der Waals surface area contributed by atoms with Crippen LogP contribution in [0.2, 0.25) is 0 Å². The molecule has 1 aliphatic rings. The van der Waals surface area contributed by atoms with E-state index < -0.39 is 5.97 Å². The summed E-state index contributed by atoms with van der Waals surface area (Å²) in [5.41, 5.74) is 0.161. The first-order valence-corrected chi connectivity index (χ1v) is 4.91. The SMILES string of the molecule is O=C(O)c1cccc2c1OCCCCO2. The molecule has 1 aromatic carbocycles. The second kappa shape index (κ2) is 4.21. The maximum absolute atomic E-state index is 10.9. The Labute approximate surface area is 87.4 Å². The highest BCUT2D eigenvalue weighted by Crippen LogP contribution is 2.32. The third-order valence-corrected chi connectivity index (χ3v) is 2.25. The molecule has 0 atom stereocenters. The van der Waals surface area contributed by atoms with Crippen LogP contribution in [0.25, 0.3) is 0 Å². The van der Waals surface area contributed by atoms with E-state index in [2.05, 4.69) is 0 Å². The van der Waals surface area contributed by atoms with Crippen molar-refractivity contribution in [3.8, 4) is 11.5 Å². The predicted octanol–water partition coefficient (Wildman–Crippen LogP) is 1.94. The number of ether oxygens (including phenoxy) is 2. The molecule has 15 heavy (non-hydrogen) atoms. The van der Waals surface area contributed by atoms with Gasteiger partial charge in [0, 0.05) is 0 Å². The number of carboxylic acids is 1. The van der Waals surface area contributed by atoms with Gasteiger partial charge in [0.25, 0.3) is 0 Å². The predicted molar refractivity (Wildman–Crippen MR) is 53.6 cm³/mol. The lowest BCUT2D eigenvalue weighted by atomic mass is 10.2. The third-order valence-electron chi connectivity index (χ3n) is 2.25. The molecule has 0 fully saturated rings. The van der Waals surface area contributed by atoms with Crippen molar-refractivity contribution in [1.82, 2.24) is 0 Å². The number of carbonyl (C=O) groups is 1. The van der Waals surface area contributed by atoms with E-state index >= 15 is 0 Å². The molecule has 0 aliphatic carbocycles. The molecule has 4 heteroatoms. The Balaban J connectivity index is 2.41. The minimum atomic E-state index is -0.990. The van der Waals surface area contributed by atoms with Gasteiger partial charge in [-0.15, -0.1) is 0 Å². The van der Waals surface area contributed by atoms with Crippen LogP contribution >= 0.6 is 0 Å². The molecule has 1 aromatic rings. The normalized spacial score (nSPS) is 15.2. The molecule has 0 saturated carbocycles. The van der Waals surface area contributed by atoms with E-state index in [0.29, 0.717) is 24.7 Å². The number of hydrogen-bond donors (Lipinski definition) is 1. The van der Waals surface area contributed by atoms with Crippen LogP contribution in [-0.2, 0) is 0 Å². The zero-order valence-corrected chi connectivity index (χ0v) is 8.23. The lowest BCUT2D eigenvalue weighted by Gasteiger charge is -2.17. The lowest BCUT2D eigenvalue weighted by molar-refractivity contribution is 0.0690. The third kappa shape index (κ3) is 2.03. The average Bonchev–Trinajstić information content (AvgIpc) is 2.17. The van der Waals surface area contributed by atoms with Gasteiger partial charge in [-0.1, -0.05) is 6.07 Å². The molecule has 80 valence electrons. The van der Waals surface area contributed by atoms with Gasteiger partial charge >= 0.3 is 5.97 Å². The Morgan fingerprint density at radius 2 is 1.93 bits per heavy atom. The minimum Gasteiger partial charge on any atom is -0.490 e. The van der Waals surface area contributed by atoms with Crippen LogP contribution in [0.4, 0.5) is 0 Å². The Morgan fingerprint density at radius 1 is 1.20 bits per heavy atom. The first-order valence-electron chi connectivity index (χ1n) is 4.91. The van der Waals surface area contributed by atoms with Crippen molar-refractivity contribution in [1.29, 1.82) is 0 Å². The number of benzene rings is 1. The smallest absolute Gasteiger partial charge is 0.339 e.